The van der Waals surface area contributed by atoms with E-state index >= 15 is 0 Å². The van der Waals surface area contributed by atoms with Crippen molar-refractivity contribution < 1.29 is 12.8 Å². The molecule has 2 aliphatic rings. The molecule has 0 amide bonds. The monoisotopic (exact) mass is 284 g/mol. The molecule has 0 aromatic heterocycles. The van der Waals surface area contributed by atoms with Crippen molar-refractivity contribution >= 4 is 10.0 Å². The molecule has 2 fully saturated rings. The normalized spacial score (nSPS) is 27.7. The lowest BCUT2D eigenvalue weighted by Gasteiger charge is -2.23. The second kappa shape index (κ2) is 4.54. The van der Waals surface area contributed by atoms with Gasteiger partial charge in [0.1, 0.15) is 10.7 Å². The third-order valence-corrected chi connectivity index (χ3v) is 6.23. The Balaban J connectivity index is 2.04. The third kappa shape index (κ3) is 1.98. The molecule has 6 heteroatoms. The van der Waals surface area contributed by atoms with Gasteiger partial charge in [0, 0.05) is 19.1 Å². The average Bonchev–Trinajstić information content (AvgIpc) is 2.88. The van der Waals surface area contributed by atoms with Crippen LogP contribution in [-0.2, 0) is 10.0 Å². The molecule has 104 valence electrons. The van der Waals surface area contributed by atoms with E-state index in [0.717, 1.165) is 13.0 Å². The SMILES string of the molecule is Cc1cccc(F)c1S(=O)(=O)N1CC[C@H]2CNC[C@H]21. The standard InChI is InChI=1S/C13H17FN2O2S/c1-9-3-2-4-11(14)13(9)19(17,18)16-6-5-10-7-15-8-12(10)16/h2-4,10,12,15H,5-8H2,1H3/t10-,12+/m0/s1. The van der Waals surface area contributed by atoms with Crippen LogP contribution < -0.4 is 5.32 Å². The van der Waals surface area contributed by atoms with Crippen molar-refractivity contribution in [2.75, 3.05) is 19.6 Å². The van der Waals surface area contributed by atoms with E-state index in [1.165, 1.54) is 16.4 Å². The van der Waals surface area contributed by atoms with Crippen LogP contribution in [0.4, 0.5) is 4.39 Å². The fourth-order valence-electron chi connectivity index (χ4n) is 3.17. The fraction of sp³-hybridized carbons (Fsp3) is 0.538. The van der Waals surface area contributed by atoms with Crippen molar-refractivity contribution in [3.63, 3.8) is 0 Å². The lowest BCUT2D eigenvalue weighted by Crippen LogP contribution is -2.39. The highest BCUT2D eigenvalue weighted by Crippen LogP contribution is 2.33. The largest absolute Gasteiger partial charge is 0.315 e. The highest BCUT2D eigenvalue weighted by atomic mass is 32.2. The molecule has 0 aliphatic carbocycles. The summed E-state index contributed by atoms with van der Waals surface area (Å²) in [6.07, 6.45) is 0.852. The average molecular weight is 284 g/mol. The van der Waals surface area contributed by atoms with E-state index < -0.39 is 15.8 Å². The maximum atomic E-state index is 13.9. The summed E-state index contributed by atoms with van der Waals surface area (Å²) in [7, 11) is -3.74. The van der Waals surface area contributed by atoms with Gasteiger partial charge < -0.3 is 5.32 Å². The van der Waals surface area contributed by atoms with E-state index in [9.17, 15) is 12.8 Å². The topological polar surface area (TPSA) is 49.4 Å². The molecule has 0 unspecified atom stereocenters. The lowest BCUT2D eigenvalue weighted by molar-refractivity contribution is 0.380. The Morgan fingerprint density at radius 3 is 2.89 bits per heavy atom. The van der Waals surface area contributed by atoms with Gasteiger partial charge in [0.2, 0.25) is 10.0 Å². The zero-order chi connectivity index (χ0) is 13.6. The zero-order valence-corrected chi connectivity index (χ0v) is 11.6. The molecule has 0 bridgehead atoms. The first-order valence-electron chi connectivity index (χ1n) is 6.49. The highest BCUT2D eigenvalue weighted by molar-refractivity contribution is 7.89. The van der Waals surface area contributed by atoms with E-state index in [1.807, 2.05) is 0 Å². The van der Waals surface area contributed by atoms with Crippen LogP contribution in [0, 0.1) is 18.7 Å². The lowest BCUT2D eigenvalue weighted by atomic mass is 10.1. The van der Waals surface area contributed by atoms with Crippen LogP contribution in [0.1, 0.15) is 12.0 Å². The predicted octanol–water partition coefficient (Wildman–Crippen LogP) is 1.12. The molecule has 1 aromatic carbocycles. The molecule has 0 spiro atoms. The smallest absolute Gasteiger partial charge is 0.246 e. The molecular weight excluding hydrogens is 267 g/mol. The Hall–Kier alpha value is -0.980. The Morgan fingerprint density at radius 1 is 1.37 bits per heavy atom. The summed E-state index contributed by atoms with van der Waals surface area (Å²) >= 11 is 0. The van der Waals surface area contributed by atoms with E-state index in [1.54, 1.807) is 13.0 Å². The molecular formula is C13H17FN2O2S. The van der Waals surface area contributed by atoms with Gasteiger partial charge in [-0.25, -0.2) is 12.8 Å². The Kier molecular flexibility index (Phi) is 3.11. The summed E-state index contributed by atoms with van der Waals surface area (Å²) in [5.41, 5.74) is 0.467. The number of rotatable bonds is 2. The molecule has 1 N–H and O–H groups in total. The van der Waals surface area contributed by atoms with E-state index in [2.05, 4.69) is 5.32 Å². The van der Waals surface area contributed by atoms with Crippen LogP contribution in [0.2, 0.25) is 0 Å². The van der Waals surface area contributed by atoms with E-state index in [0.29, 0.717) is 24.6 Å². The molecule has 0 radical (unpaired) electrons. The number of nitrogens with zero attached hydrogens (tertiary/aromatic N) is 1. The molecule has 2 atom stereocenters. The summed E-state index contributed by atoms with van der Waals surface area (Å²) in [4.78, 5) is -0.164. The Labute approximate surface area is 112 Å². The Bertz CT molecular complexity index is 582. The van der Waals surface area contributed by atoms with Crippen LogP contribution in [-0.4, -0.2) is 38.4 Å². The minimum atomic E-state index is -3.74. The van der Waals surface area contributed by atoms with Crippen molar-refractivity contribution in [1.29, 1.82) is 0 Å². The van der Waals surface area contributed by atoms with Crippen LogP contribution in [0.5, 0.6) is 0 Å². The third-order valence-electron chi connectivity index (χ3n) is 4.12. The number of nitrogens with one attached hydrogen (secondary N) is 1. The van der Waals surface area contributed by atoms with Crippen molar-refractivity contribution in [3.8, 4) is 0 Å². The van der Waals surface area contributed by atoms with Gasteiger partial charge in [-0.05, 0) is 37.4 Å². The van der Waals surface area contributed by atoms with Gasteiger partial charge in [-0.15, -0.1) is 0 Å². The van der Waals surface area contributed by atoms with Gasteiger partial charge in [-0.2, -0.15) is 4.31 Å². The molecule has 19 heavy (non-hydrogen) atoms. The predicted molar refractivity (Wildman–Crippen MR) is 69.8 cm³/mol. The second-order valence-corrected chi connectivity index (χ2v) is 7.10. The first kappa shape index (κ1) is 13.0. The van der Waals surface area contributed by atoms with Gasteiger partial charge in [-0.3, -0.25) is 0 Å². The van der Waals surface area contributed by atoms with Crippen LogP contribution in [0.25, 0.3) is 0 Å². The van der Waals surface area contributed by atoms with Crippen molar-refractivity contribution in [3.05, 3.63) is 29.6 Å². The summed E-state index contributed by atoms with van der Waals surface area (Å²) in [6, 6.07) is 4.36. The van der Waals surface area contributed by atoms with Gasteiger partial charge >= 0.3 is 0 Å². The number of hydrogen-bond donors (Lipinski definition) is 1. The molecule has 0 saturated carbocycles. The number of aryl methyl sites for hydroxylation is 1. The fourth-order valence-corrected chi connectivity index (χ4v) is 5.14. The Morgan fingerprint density at radius 2 is 2.16 bits per heavy atom. The number of hydrogen-bond acceptors (Lipinski definition) is 3. The van der Waals surface area contributed by atoms with Gasteiger partial charge in [-0.1, -0.05) is 12.1 Å². The number of benzene rings is 1. The van der Waals surface area contributed by atoms with Gasteiger partial charge in [0.15, 0.2) is 0 Å². The number of fused-ring (bicyclic) bond motifs is 1. The number of halogens is 1. The van der Waals surface area contributed by atoms with Crippen LogP contribution in [0.3, 0.4) is 0 Å². The van der Waals surface area contributed by atoms with Crippen molar-refractivity contribution in [2.24, 2.45) is 5.92 Å². The molecule has 2 saturated heterocycles. The van der Waals surface area contributed by atoms with E-state index in [4.69, 9.17) is 0 Å². The first-order chi connectivity index (χ1) is 9.01. The molecule has 2 aliphatic heterocycles. The maximum absolute atomic E-state index is 13.9. The van der Waals surface area contributed by atoms with Crippen molar-refractivity contribution in [2.45, 2.75) is 24.3 Å². The minimum absolute atomic E-state index is 0.0241. The minimum Gasteiger partial charge on any atom is -0.315 e. The quantitative estimate of drug-likeness (QED) is 0.885. The second-order valence-electron chi connectivity index (χ2n) is 5.28. The highest BCUT2D eigenvalue weighted by Gasteiger charge is 2.44. The zero-order valence-electron chi connectivity index (χ0n) is 10.8. The molecule has 1 aromatic rings. The summed E-state index contributed by atoms with van der Waals surface area (Å²) in [6.45, 7) is 3.65. The molecule has 4 nitrogen and oxygen atoms in total. The van der Waals surface area contributed by atoms with Crippen LogP contribution in [0.15, 0.2) is 23.1 Å². The van der Waals surface area contributed by atoms with Gasteiger partial charge in [0.05, 0.1) is 0 Å². The van der Waals surface area contributed by atoms with Crippen LogP contribution >= 0.6 is 0 Å². The summed E-state index contributed by atoms with van der Waals surface area (Å²) in [5, 5.41) is 3.21. The first-order valence-corrected chi connectivity index (χ1v) is 7.93. The molecule has 2 heterocycles. The maximum Gasteiger partial charge on any atom is 0.246 e. The van der Waals surface area contributed by atoms with E-state index in [-0.39, 0.29) is 10.9 Å². The summed E-state index contributed by atoms with van der Waals surface area (Å²) in [5.74, 6) is -0.295. The van der Waals surface area contributed by atoms with Crippen molar-refractivity contribution in [1.82, 2.24) is 9.62 Å². The number of sulfonamides is 1. The molecule has 3 rings (SSSR count). The summed E-state index contributed by atoms with van der Waals surface area (Å²) < 4.78 is 40.8. The van der Waals surface area contributed by atoms with Gasteiger partial charge in [0.25, 0.3) is 0 Å².